The summed E-state index contributed by atoms with van der Waals surface area (Å²) in [6.07, 6.45) is -2.45. The van der Waals surface area contributed by atoms with Gasteiger partial charge in [-0.05, 0) is 25.0 Å². The lowest BCUT2D eigenvalue weighted by Gasteiger charge is -2.35. The number of benzene rings is 1. The predicted molar refractivity (Wildman–Crippen MR) is 91.9 cm³/mol. The topological polar surface area (TPSA) is 88.5 Å². The van der Waals surface area contributed by atoms with Gasteiger partial charge in [0, 0.05) is 38.2 Å². The molecule has 2 aliphatic rings. The number of nitro groups is 1. The van der Waals surface area contributed by atoms with Gasteiger partial charge in [-0.15, -0.1) is 0 Å². The zero-order valence-electron chi connectivity index (χ0n) is 14.9. The van der Waals surface area contributed by atoms with E-state index in [0.29, 0.717) is 50.6 Å². The van der Waals surface area contributed by atoms with Gasteiger partial charge >= 0.3 is 6.18 Å². The highest BCUT2D eigenvalue weighted by Gasteiger charge is 2.34. The summed E-state index contributed by atoms with van der Waals surface area (Å²) in [7, 11) is 0. The second-order valence-corrected chi connectivity index (χ2v) is 7.04. The third kappa shape index (κ3) is 3.93. The number of hydrogen-bond acceptors (Lipinski definition) is 7. The van der Waals surface area contributed by atoms with Crippen molar-refractivity contribution in [1.82, 2.24) is 15.0 Å². The van der Waals surface area contributed by atoms with E-state index < -0.39 is 22.4 Å². The Balaban J connectivity index is 1.42. The summed E-state index contributed by atoms with van der Waals surface area (Å²) in [5.41, 5.74) is -1.36. The van der Waals surface area contributed by atoms with Crippen LogP contribution in [0.4, 0.5) is 24.5 Å². The van der Waals surface area contributed by atoms with Gasteiger partial charge in [-0.1, -0.05) is 5.16 Å². The second kappa shape index (κ2) is 7.04. The Morgan fingerprint density at radius 1 is 1.21 bits per heavy atom. The first-order chi connectivity index (χ1) is 13.3. The summed E-state index contributed by atoms with van der Waals surface area (Å²) in [5.74, 6) is 1.69. The number of piperazine rings is 1. The van der Waals surface area contributed by atoms with E-state index >= 15 is 0 Å². The number of nitrogens with zero attached hydrogens (tertiary/aromatic N) is 5. The predicted octanol–water partition coefficient (Wildman–Crippen LogP) is 3.20. The fraction of sp³-hybridized carbons (Fsp3) is 0.529. The average Bonchev–Trinajstić information content (AvgIpc) is 3.41. The Morgan fingerprint density at radius 3 is 2.54 bits per heavy atom. The summed E-state index contributed by atoms with van der Waals surface area (Å²) in [5, 5.41) is 15.3. The minimum atomic E-state index is -4.62. The molecule has 8 nitrogen and oxygen atoms in total. The molecule has 4 rings (SSSR count). The molecule has 0 bridgehead atoms. The van der Waals surface area contributed by atoms with Crippen LogP contribution in [0.15, 0.2) is 22.7 Å². The van der Waals surface area contributed by atoms with E-state index in [0.717, 1.165) is 24.7 Å². The molecular formula is C17H18F3N5O3. The smallest absolute Gasteiger partial charge is 0.363 e. The molecule has 0 amide bonds. The monoisotopic (exact) mass is 397 g/mol. The number of hydrogen-bond donors (Lipinski definition) is 0. The van der Waals surface area contributed by atoms with Crippen LogP contribution in [0.3, 0.4) is 0 Å². The molecule has 2 heterocycles. The molecule has 0 N–H and O–H groups in total. The van der Waals surface area contributed by atoms with E-state index in [9.17, 15) is 23.3 Å². The lowest BCUT2D eigenvalue weighted by atomic mass is 10.1. The van der Waals surface area contributed by atoms with Gasteiger partial charge in [0.05, 0.1) is 17.0 Å². The van der Waals surface area contributed by atoms with Crippen LogP contribution in [0.5, 0.6) is 0 Å². The first-order valence-corrected chi connectivity index (χ1v) is 8.96. The quantitative estimate of drug-likeness (QED) is 0.565. The highest BCUT2D eigenvalue weighted by Crippen LogP contribution is 2.38. The van der Waals surface area contributed by atoms with E-state index in [-0.39, 0.29) is 5.69 Å². The van der Waals surface area contributed by atoms with E-state index in [1.54, 1.807) is 4.90 Å². The minimum absolute atomic E-state index is 0.200. The highest BCUT2D eigenvalue weighted by molar-refractivity contribution is 5.65. The molecule has 1 aliphatic carbocycles. The SMILES string of the molecule is O=[N+]([O-])c1cc(C(F)(F)F)ccc1N1CCN(Cc2nc(C3CC3)no2)CC1. The molecule has 11 heteroatoms. The Kier molecular flexibility index (Phi) is 4.69. The zero-order valence-corrected chi connectivity index (χ0v) is 14.9. The molecule has 1 aliphatic heterocycles. The van der Waals surface area contributed by atoms with Crippen LogP contribution in [0, 0.1) is 10.1 Å². The van der Waals surface area contributed by atoms with Gasteiger partial charge in [0.1, 0.15) is 5.69 Å². The van der Waals surface area contributed by atoms with Crippen LogP contribution in [-0.4, -0.2) is 46.1 Å². The molecule has 2 aromatic rings. The number of halogens is 3. The minimum Gasteiger partial charge on any atom is -0.363 e. The number of alkyl halides is 3. The summed E-state index contributed by atoms with van der Waals surface area (Å²) in [6.45, 7) is 2.56. The van der Waals surface area contributed by atoms with Crippen molar-refractivity contribution in [1.29, 1.82) is 0 Å². The summed E-state index contributed by atoms with van der Waals surface area (Å²) < 4.78 is 43.8. The molecule has 150 valence electrons. The van der Waals surface area contributed by atoms with Gasteiger partial charge in [-0.2, -0.15) is 18.2 Å². The Morgan fingerprint density at radius 2 is 1.93 bits per heavy atom. The van der Waals surface area contributed by atoms with Crippen molar-refractivity contribution in [3.8, 4) is 0 Å². The molecule has 0 spiro atoms. The maximum Gasteiger partial charge on any atom is 0.416 e. The summed E-state index contributed by atoms with van der Waals surface area (Å²) >= 11 is 0. The lowest BCUT2D eigenvalue weighted by Crippen LogP contribution is -2.46. The molecule has 0 unspecified atom stereocenters. The fourth-order valence-electron chi connectivity index (χ4n) is 3.29. The molecule has 1 aromatic heterocycles. The third-order valence-electron chi connectivity index (χ3n) is 5.00. The normalized spacial score (nSPS) is 18.5. The van der Waals surface area contributed by atoms with Crippen LogP contribution < -0.4 is 4.90 Å². The Labute approximate surface area is 158 Å². The van der Waals surface area contributed by atoms with Crippen molar-refractivity contribution >= 4 is 11.4 Å². The number of anilines is 1. The van der Waals surface area contributed by atoms with Crippen molar-refractivity contribution in [3.05, 3.63) is 45.6 Å². The molecule has 28 heavy (non-hydrogen) atoms. The second-order valence-electron chi connectivity index (χ2n) is 7.04. The van der Waals surface area contributed by atoms with Crippen LogP contribution in [0.2, 0.25) is 0 Å². The lowest BCUT2D eigenvalue weighted by molar-refractivity contribution is -0.384. The maximum atomic E-state index is 12.9. The molecule has 1 saturated carbocycles. The van der Waals surface area contributed by atoms with Gasteiger partial charge in [0.25, 0.3) is 5.69 Å². The summed E-state index contributed by atoms with van der Waals surface area (Å²) in [6, 6.07) is 2.66. The standard InChI is InChI=1S/C17H18F3N5O3/c18-17(19,20)12-3-4-13(14(9-12)25(26)27)24-7-5-23(6-8-24)10-15-21-16(22-28-15)11-1-2-11/h3-4,9,11H,1-2,5-8,10H2. The summed E-state index contributed by atoms with van der Waals surface area (Å²) in [4.78, 5) is 18.7. The Bertz CT molecular complexity index is 873. The van der Waals surface area contributed by atoms with Crippen molar-refractivity contribution in [2.45, 2.75) is 31.5 Å². The number of nitro benzene ring substituents is 1. The van der Waals surface area contributed by atoms with E-state index in [1.165, 1.54) is 6.07 Å². The van der Waals surface area contributed by atoms with E-state index in [4.69, 9.17) is 4.52 Å². The number of rotatable bonds is 5. The van der Waals surface area contributed by atoms with E-state index in [1.807, 2.05) is 0 Å². The van der Waals surface area contributed by atoms with Gasteiger partial charge in [-0.25, -0.2) is 0 Å². The molecule has 0 radical (unpaired) electrons. The third-order valence-corrected chi connectivity index (χ3v) is 5.00. The molecule has 0 atom stereocenters. The van der Waals surface area contributed by atoms with Crippen molar-refractivity contribution in [3.63, 3.8) is 0 Å². The van der Waals surface area contributed by atoms with Gasteiger partial charge in [-0.3, -0.25) is 15.0 Å². The Hall–Kier alpha value is -2.69. The maximum absolute atomic E-state index is 12.9. The average molecular weight is 397 g/mol. The van der Waals surface area contributed by atoms with Gasteiger partial charge in [0.2, 0.25) is 5.89 Å². The fourth-order valence-corrected chi connectivity index (χ4v) is 3.29. The van der Waals surface area contributed by atoms with Gasteiger partial charge in [0.15, 0.2) is 5.82 Å². The van der Waals surface area contributed by atoms with Crippen LogP contribution in [0.1, 0.15) is 36.0 Å². The van der Waals surface area contributed by atoms with Crippen LogP contribution in [0.25, 0.3) is 0 Å². The van der Waals surface area contributed by atoms with Crippen LogP contribution >= 0.6 is 0 Å². The molecular weight excluding hydrogens is 379 g/mol. The largest absolute Gasteiger partial charge is 0.416 e. The highest BCUT2D eigenvalue weighted by atomic mass is 19.4. The first-order valence-electron chi connectivity index (χ1n) is 8.96. The van der Waals surface area contributed by atoms with Crippen molar-refractivity contribution in [2.75, 3.05) is 31.1 Å². The molecule has 2 fully saturated rings. The molecule has 1 saturated heterocycles. The van der Waals surface area contributed by atoms with Crippen molar-refractivity contribution in [2.24, 2.45) is 0 Å². The first kappa shape index (κ1) is 18.7. The zero-order chi connectivity index (χ0) is 19.9. The molecule has 1 aromatic carbocycles. The van der Waals surface area contributed by atoms with E-state index in [2.05, 4.69) is 15.0 Å². The number of aromatic nitrogens is 2. The van der Waals surface area contributed by atoms with Crippen molar-refractivity contribution < 1.29 is 22.6 Å². The van der Waals surface area contributed by atoms with Gasteiger partial charge < -0.3 is 9.42 Å². The van der Waals surface area contributed by atoms with Crippen LogP contribution in [-0.2, 0) is 12.7 Å².